The fourth-order valence-electron chi connectivity index (χ4n) is 12.9. The van der Waals surface area contributed by atoms with Gasteiger partial charge in [-0.05, 0) is 108 Å². The minimum atomic E-state index is -1.92. The quantitative estimate of drug-likeness (QED) is 0.0127. The number of carbonyl (C=O) groups is 18. The molecule has 1 heterocycles. The van der Waals surface area contributed by atoms with E-state index in [9.17, 15) is 87.2 Å². The second-order valence-corrected chi connectivity index (χ2v) is 30.9. The van der Waals surface area contributed by atoms with E-state index in [0.717, 1.165) is 13.8 Å². The molecule has 0 spiro atoms. The molecule has 1 aromatic heterocycles. The molecule has 704 valence electrons. The van der Waals surface area contributed by atoms with E-state index in [0.29, 0.717) is 46.0 Å². The van der Waals surface area contributed by atoms with Crippen LogP contribution in [0, 0.1) is 0 Å². The summed E-state index contributed by atoms with van der Waals surface area (Å²) in [4.78, 5) is 251. The van der Waals surface area contributed by atoms with Gasteiger partial charge in [0.2, 0.25) is 106 Å². The number of benzene rings is 4. The lowest BCUT2D eigenvalue weighted by Crippen LogP contribution is -2.63. The molecule has 0 aliphatic rings. The van der Waals surface area contributed by atoms with Crippen LogP contribution in [0.4, 0.5) is 0 Å². The van der Waals surface area contributed by atoms with Crippen molar-refractivity contribution in [2.75, 3.05) is 63.9 Å². The van der Waals surface area contributed by atoms with Crippen LogP contribution in [-0.4, -0.2) is 281 Å². The highest BCUT2D eigenvalue weighted by Crippen LogP contribution is 2.21. The van der Waals surface area contributed by atoms with Gasteiger partial charge in [0.25, 0.3) is 0 Å². The predicted octanol–water partition coefficient (Wildman–Crippen LogP) is -8.05. The molecule has 15 atom stereocenters. The molecule has 5 rings (SSSR count). The van der Waals surface area contributed by atoms with Gasteiger partial charge in [-0.25, -0.2) is 0 Å². The Balaban J connectivity index is 1.42. The fourth-order valence-corrected chi connectivity index (χ4v) is 13.4. The lowest BCUT2D eigenvalue weighted by Gasteiger charge is -2.29. The number of thiol groups is 2. The van der Waals surface area contributed by atoms with E-state index in [4.69, 9.17) is 22.9 Å². The number of fused-ring (bicyclic) bond motifs is 1. The number of likely N-dealkylation sites (N-methyl/N-ethyl adjacent to an activating group) is 1. The number of para-hydroxylation sites is 1. The van der Waals surface area contributed by atoms with Crippen LogP contribution in [0.2, 0.25) is 0 Å². The molecular formula is C84H120N22O21S2. The molecule has 29 N–H and O–H groups in total. The van der Waals surface area contributed by atoms with Crippen molar-refractivity contribution in [3.63, 3.8) is 0 Å². The van der Waals surface area contributed by atoms with Gasteiger partial charge in [-0.1, -0.05) is 109 Å². The van der Waals surface area contributed by atoms with Crippen molar-refractivity contribution < 1.29 is 102 Å². The van der Waals surface area contributed by atoms with E-state index in [1.165, 1.54) is 6.92 Å². The molecule has 43 nitrogen and oxygen atoms in total. The second kappa shape index (κ2) is 56.5. The molecule has 0 aliphatic carbocycles. The van der Waals surface area contributed by atoms with Crippen LogP contribution in [0.5, 0.6) is 0 Å². The van der Waals surface area contributed by atoms with Gasteiger partial charge < -0.3 is 134 Å². The third kappa shape index (κ3) is 37.3. The summed E-state index contributed by atoms with van der Waals surface area (Å²) < 4.78 is 0. The molecule has 4 aromatic carbocycles. The first-order valence-electron chi connectivity index (χ1n) is 41.8. The second-order valence-electron chi connectivity index (χ2n) is 30.2. The van der Waals surface area contributed by atoms with Gasteiger partial charge in [0.05, 0.1) is 51.4 Å². The zero-order valence-corrected chi connectivity index (χ0v) is 73.7. The lowest BCUT2D eigenvalue weighted by molar-refractivity contribution is -0.138. The summed E-state index contributed by atoms with van der Waals surface area (Å²) in [7, 11) is 0. The molecular weight excluding hydrogens is 1720 g/mol. The largest absolute Gasteiger partial charge is 0.394 e. The van der Waals surface area contributed by atoms with Crippen LogP contribution in [0.3, 0.4) is 0 Å². The maximum absolute atomic E-state index is 15.5. The Hall–Kier alpha value is -12.7. The summed E-state index contributed by atoms with van der Waals surface area (Å²) in [5.41, 5.74) is 25.1. The number of aliphatic hydroxyl groups is 3. The summed E-state index contributed by atoms with van der Waals surface area (Å²) in [5, 5.41) is 74.8. The normalized spacial score (nSPS) is 14.5. The van der Waals surface area contributed by atoms with Gasteiger partial charge in [0, 0.05) is 60.8 Å². The van der Waals surface area contributed by atoms with E-state index in [2.05, 4.69) is 121 Å². The average Bonchev–Trinajstić information content (AvgIpc) is 1.65. The number of unbranched alkanes of at least 4 members (excludes halogenated alkanes) is 2. The molecule has 0 saturated heterocycles. The number of aromatic nitrogens is 1. The zero-order valence-electron chi connectivity index (χ0n) is 72.0. The van der Waals surface area contributed by atoms with Crippen LogP contribution in [0.15, 0.2) is 121 Å². The van der Waals surface area contributed by atoms with Crippen molar-refractivity contribution in [1.29, 1.82) is 0 Å². The van der Waals surface area contributed by atoms with Crippen molar-refractivity contribution >= 4 is 142 Å². The van der Waals surface area contributed by atoms with Gasteiger partial charge in [0.1, 0.15) is 78.5 Å². The fraction of sp³-hybridized carbons (Fsp3) is 0.476. The molecule has 129 heavy (non-hydrogen) atoms. The number of hydrogen-bond acceptors (Lipinski definition) is 26. The van der Waals surface area contributed by atoms with Crippen molar-refractivity contribution in [2.24, 2.45) is 22.9 Å². The van der Waals surface area contributed by atoms with Crippen LogP contribution in [0.1, 0.15) is 94.9 Å². The van der Waals surface area contributed by atoms with Gasteiger partial charge in [-0.2, -0.15) is 25.3 Å². The van der Waals surface area contributed by atoms with Gasteiger partial charge in [0.15, 0.2) is 0 Å². The van der Waals surface area contributed by atoms with Crippen LogP contribution in [-0.2, 0) is 112 Å². The smallest absolute Gasteiger partial charge is 0.245 e. The summed E-state index contributed by atoms with van der Waals surface area (Å²) in [6, 6.07) is 10.6. The Morgan fingerprint density at radius 2 is 0.721 bits per heavy atom. The highest BCUT2D eigenvalue weighted by atomic mass is 32.1. The number of nitrogens with one attached hydrogen (secondary N) is 18. The van der Waals surface area contributed by atoms with Gasteiger partial charge >= 0.3 is 0 Å². The highest BCUT2D eigenvalue weighted by Gasteiger charge is 2.40. The Morgan fingerprint density at radius 3 is 1.17 bits per heavy atom. The number of amides is 18. The molecule has 0 aliphatic heterocycles. The van der Waals surface area contributed by atoms with E-state index >= 15 is 14.4 Å². The first-order valence-corrected chi connectivity index (χ1v) is 43.1. The van der Waals surface area contributed by atoms with Gasteiger partial charge in [-0.3, -0.25) is 86.3 Å². The number of rotatable bonds is 57. The standard InChI is InChI=1S/C84H120N22O21S2/c1-5-89-73(116)63(44-128)104-81(124)62(43-107)103-84(127)71(48(4)109)106-80(123)59(35-51-25-13-8-14-26-51)102-83(126)70(47(3)108)105-75(118)56(30-18-20-32-86)96-78(121)60(36-52-39-90-54-28-16-15-27-53(52)54)100-77(120)58(34-50-23-11-7-12-24-50)98-76(119)57(33-49-21-9-6-10-22-49)99-79(122)61(37-65(88)110)101-74(117)55(29-17-19-31-85)97-82(125)64(45-129)95-69(114)42-93-72(115)46(2)94-68(113)41-92-67(112)40-91-66(111)38-87/h6-16,21-28,39,46-48,55-64,70-71,90,107-109,128-129H,5,17-20,29-38,40-45,85-87H2,1-4H3,(H2,88,110)(H,89,116)(H,91,111)(H,92,112)(H,93,115)(H,94,113)(H,95,114)(H,96,121)(H,97,125)(H,98,119)(H,99,122)(H,100,120)(H,101,117)(H,102,126)(H,103,127)(H,104,124)(H,105,118)(H,106,123)/t46-,47?,48?,55-,56-,57-,58-,59-,60-,61-,62-,63-,64-,70-,71-/m0/s1. The molecule has 5 aromatic rings. The van der Waals surface area contributed by atoms with Crippen molar-refractivity contribution in [3.8, 4) is 0 Å². The minimum Gasteiger partial charge on any atom is -0.394 e. The number of hydrogen-bond donors (Lipinski definition) is 27. The zero-order chi connectivity index (χ0) is 95.2. The maximum atomic E-state index is 15.5. The van der Waals surface area contributed by atoms with Crippen LogP contribution in [0.25, 0.3) is 10.9 Å². The number of aromatic amines is 1. The van der Waals surface area contributed by atoms with Crippen LogP contribution >= 0.6 is 25.3 Å². The van der Waals surface area contributed by atoms with Crippen molar-refractivity contribution in [3.05, 3.63) is 144 Å². The molecule has 0 saturated carbocycles. The van der Waals surface area contributed by atoms with E-state index in [-0.39, 0.29) is 89.1 Å². The Morgan fingerprint density at radius 1 is 0.364 bits per heavy atom. The predicted molar refractivity (Wildman–Crippen MR) is 478 cm³/mol. The molecule has 45 heteroatoms. The number of primary amides is 1. The summed E-state index contributed by atoms with van der Waals surface area (Å²) in [6.45, 7) is 2.49. The number of H-pyrrole nitrogens is 1. The van der Waals surface area contributed by atoms with Crippen LogP contribution < -0.4 is 113 Å². The van der Waals surface area contributed by atoms with E-state index in [1.807, 2.05) is 0 Å². The Labute approximate surface area is 755 Å². The molecule has 2 unspecified atom stereocenters. The molecule has 18 amide bonds. The summed E-state index contributed by atoms with van der Waals surface area (Å²) in [6.07, 6.45) is -3.30. The number of nitrogens with two attached hydrogens (primary N) is 4. The summed E-state index contributed by atoms with van der Waals surface area (Å²) in [5.74, 6) is -17.9. The number of aliphatic hydroxyl groups excluding tert-OH is 3. The number of carbonyl (C=O) groups excluding carboxylic acids is 18. The van der Waals surface area contributed by atoms with E-state index < -0.39 is 230 Å². The topological polar surface area (TPSA) is 692 Å². The maximum Gasteiger partial charge on any atom is 0.245 e. The molecule has 0 bridgehead atoms. The van der Waals surface area contributed by atoms with Gasteiger partial charge in [-0.15, -0.1) is 0 Å². The monoisotopic (exact) mass is 1840 g/mol. The average molecular weight is 1840 g/mol. The first-order chi connectivity index (χ1) is 61.6. The SMILES string of the molecule is CCNC(=O)[C@H](CS)NC(=O)[C@H](CO)NC(=O)[C@@H](NC(=O)[C@H](Cc1ccccc1)NC(=O)[C@@H](NC(=O)[C@H](CCCCN)NC(=O)[C@H](Cc1c[nH]c2ccccc12)NC(=O)[C@H](Cc1ccccc1)NC(=O)[C@H](Cc1ccccc1)NC(=O)[C@H](CC(N)=O)NC(=O)[C@H](CCCCN)NC(=O)[C@H](CS)NC(=O)CNC(=O)[C@H](C)NC(=O)CNC(=O)CNC(=O)CN)C(C)O)C(C)O. The molecule has 0 radical (unpaired) electrons. The Bertz CT molecular complexity index is 4600. The Kier molecular flexibility index (Phi) is 46.8. The minimum absolute atomic E-state index is 0.115. The molecule has 0 fully saturated rings. The highest BCUT2D eigenvalue weighted by molar-refractivity contribution is 7.80. The van der Waals surface area contributed by atoms with E-state index in [1.54, 1.807) is 128 Å². The first kappa shape index (κ1) is 107. The lowest BCUT2D eigenvalue weighted by atomic mass is 10.00. The third-order valence-electron chi connectivity index (χ3n) is 19.9. The third-order valence-corrected chi connectivity index (χ3v) is 20.6. The van der Waals surface area contributed by atoms with Crippen molar-refractivity contribution in [1.82, 2.24) is 95.4 Å². The summed E-state index contributed by atoms with van der Waals surface area (Å²) >= 11 is 8.32. The van der Waals surface area contributed by atoms with Crippen molar-refractivity contribution in [2.45, 2.75) is 189 Å².